The second kappa shape index (κ2) is 13.8. The van der Waals surface area contributed by atoms with Crippen LogP contribution in [0.1, 0.15) is 41.2 Å². The second-order valence-electron chi connectivity index (χ2n) is 11.3. The number of nitrogens with two attached hydrogens (primary N) is 1. The quantitative estimate of drug-likeness (QED) is 0.196. The average molecular weight is 672 g/mol. The molecule has 4 atom stereocenters. The van der Waals surface area contributed by atoms with Crippen LogP contribution in [0.3, 0.4) is 0 Å². The number of rotatable bonds is 5. The van der Waals surface area contributed by atoms with Crippen molar-refractivity contribution in [2.45, 2.75) is 42.9 Å². The molecule has 0 spiro atoms. The smallest absolute Gasteiger partial charge is 0.294 e. The third-order valence-corrected chi connectivity index (χ3v) is 8.88. The van der Waals surface area contributed by atoms with Gasteiger partial charge in [0, 0.05) is 30.6 Å². The normalized spacial score (nSPS) is 20.6. The minimum atomic E-state index is -4.00. The Morgan fingerprint density at radius 1 is 0.979 bits per heavy atom. The molecule has 1 unspecified atom stereocenters. The van der Waals surface area contributed by atoms with Gasteiger partial charge in [0.2, 0.25) is 0 Å². The molecule has 248 valence electrons. The zero-order chi connectivity index (χ0) is 34.0. The fourth-order valence-corrected chi connectivity index (χ4v) is 6.21. The van der Waals surface area contributed by atoms with Crippen LogP contribution in [-0.4, -0.2) is 64.3 Å². The van der Waals surface area contributed by atoms with Gasteiger partial charge >= 0.3 is 0 Å². The van der Waals surface area contributed by atoms with Gasteiger partial charge in [-0.1, -0.05) is 31.2 Å². The van der Waals surface area contributed by atoms with E-state index >= 15 is 0 Å². The Kier molecular flexibility index (Phi) is 9.93. The summed E-state index contributed by atoms with van der Waals surface area (Å²) in [5.41, 5.74) is 6.85. The first-order valence-electron chi connectivity index (χ1n) is 14.6. The highest BCUT2D eigenvalue weighted by atomic mass is 32.2. The third-order valence-electron chi connectivity index (χ3n) is 8.01. The molecule has 1 aliphatic heterocycles. The summed E-state index contributed by atoms with van der Waals surface area (Å²) in [6.07, 6.45) is 0.994. The predicted molar refractivity (Wildman–Crippen MR) is 167 cm³/mol. The number of piperidine rings is 1. The number of benzene rings is 2. The summed E-state index contributed by atoms with van der Waals surface area (Å²) in [6.45, 7) is 2.64. The Morgan fingerprint density at radius 2 is 1.66 bits per heavy atom. The molecule has 6 N–H and O–H groups in total. The van der Waals surface area contributed by atoms with Crippen LogP contribution in [0.5, 0.6) is 0 Å². The number of aliphatic hydroxyl groups excluding tert-OH is 2. The van der Waals surface area contributed by atoms with E-state index in [9.17, 15) is 36.6 Å². The summed E-state index contributed by atoms with van der Waals surface area (Å²) in [7, 11) is -4.00. The van der Waals surface area contributed by atoms with Gasteiger partial charge in [0.25, 0.3) is 16.0 Å². The summed E-state index contributed by atoms with van der Waals surface area (Å²) < 4.78 is 72.3. The van der Waals surface area contributed by atoms with Crippen molar-refractivity contribution in [3.05, 3.63) is 101 Å². The number of amides is 1. The molecule has 1 saturated heterocycles. The maximum absolute atomic E-state index is 14.5. The van der Waals surface area contributed by atoms with Crippen LogP contribution in [0.2, 0.25) is 0 Å². The molecular weight excluding hydrogens is 639 g/mol. The molecule has 11 nitrogen and oxygen atoms in total. The van der Waals surface area contributed by atoms with Gasteiger partial charge < -0.3 is 26.2 Å². The lowest BCUT2D eigenvalue weighted by Gasteiger charge is -2.41. The maximum atomic E-state index is 14.5. The highest BCUT2D eigenvalue weighted by Crippen LogP contribution is 2.41. The summed E-state index contributed by atoms with van der Waals surface area (Å²) in [5, 5.41) is 23.4. The summed E-state index contributed by atoms with van der Waals surface area (Å²) >= 11 is 0. The summed E-state index contributed by atoms with van der Waals surface area (Å²) in [6, 6.07) is 12.0. The second-order valence-corrected chi connectivity index (χ2v) is 12.8. The number of pyridine rings is 2. The monoisotopic (exact) mass is 671 g/mol. The van der Waals surface area contributed by atoms with Crippen molar-refractivity contribution in [2.75, 3.05) is 23.3 Å². The maximum Gasteiger partial charge on any atom is 0.294 e. The van der Waals surface area contributed by atoms with E-state index in [0.717, 1.165) is 35.9 Å². The number of nitrogens with one attached hydrogen (secondary N) is 1. The third kappa shape index (κ3) is 7.29. The molecule has 1 fully saturated rings. The molecule has 2 aliphatic rings. The Balaban J connectivity index is 0.000000371. The molecule has 2 aromatic carbocycles. The summed E-state index contributed by atoms with van der Waals surface area (Å²) in [4.78, 5) is 23.4. The van der Waals surface area contributed by atoms with Gasteiger partial charge in [-0.05, 0) is 49.2 Å². The molecule has 6 rings (SSSR count). The van der Waals surface area contributed by atoms with Gasteiger partial charge in [-0.15, -0.1) is 0 Å². The van der Waals surface area contributed by atoms with Crippen LogP contribution in [0.4, 0.5) is 24.5 Å². The lowest BCUT2D eigenvalue weighted by molar-refractivity contribution is 0.0784. The van der Waals surface area contributed by atoms with Crippen LogP contribution >= 0.6 is 0 Å². The van der Waals surface area contributed by atoms with Crippen molar-refractivity contribution >= 4 is 27.4 Å². The van der Waals surface area contributed by atoms with E-state index in [1.165, 1.54) is 18.3 Å². The lowest BCUT2D eigenvalue weighted by atomic mass is 9.92. The number of hydrogen-bond acceptors (Lipinski definition) is 9. The van der Waals surface area contributed by atoms with Crippen LogP contribution in [0, 0.1) is 23.4 Å². The fraction of sp³-hybridized carbons (Fsp3) is 0.281. The van der Waals surface area contributed by atoms with E-state index in [1.54, 1.807) is 18.2 Å². The van der Waals surface area contributed by atoms with E-state index in [4.69, 9.17) is 10.3 Å². The molecule has 1 amide bonds. The number of carbonyl (C=O) groups excluding carboxylic acids is 1. The van der Waals surface area contributed by atoms with Gasteiger partial charge in [-0.25, -0.2) is 18.2 Å². The van der Waals surface area contributed by atoms with Crippen LogP contribution in [-0.2, 0) is 16.5 Å². The van der Waals surface area contributed by atoms with E-state index < -0.39 is 63.0 Å². The number of fused-ring (bicyclic) bond motifs is 1. The number of aliphatic hydroxyl groups is 2. The Hall–Kier alpha value is -4.41. The first-order chi connectivity index (χ1) is 22.3. The molecule has 2 aromatic heterocycles. The highest BCUT2D eigenvalue weighted by Gasteiger charge is 2.36. The SMILES string of the molecule is C[C@H]1CN(c2c(NC(=O)c3ccc(F)c(-c4c(F)cccc4F)n3)cnc3c2CCC3O)C[C@@H](N)[C@@H]1O.O=S(=O)(O)c1ccccc1. The number of halogens is 3. The van der Waals surface area contributed by atoms with Crippen molar-refractivity contribution in [3.63, 3.8) is 0 Å². The van der Waals surface area contributed by atoms with E-state index in [2.05, 4.69) is 15.3 Å². The minimum Gasteiger partial charge on any atom is -0.391 e. The molecule has 3 heterocycles. The van der Waals surface area contributed by atoms with Crippen LogP contribution < -0.4 is 16.0 Å². The molecule has 0 bridgehead atoms. The number of nitrogens with zero attached hydrogens (tertiary/aromatic N) is 3. The molecular formula is C32H32F3N5O6S. The van der Waals surface area contributed by atoms with Crippen LogP contribution in [0.25, 0.3) is 11.3 Å². The van der Waals surface area contributed by atoms with Crippen molar-refractivity contribution in [1.29, 1.82) is 0 Å². The first kappa shape index (κ1) is 33.9. The Labute approximate surface area is 268 Å². The van der Waals surface area contributed by atoms with Crippen LogP contribution in [0.15, 0.2) is 71.8 Å². The number of carbonyl (C=O) groups is 1. The van der Waals surface area contributed by atoms with Gasteiger partial charge in [-0.2, -0.15) is 8.42 Å². The molecule has 0 radical (unpaired) electrons. The Morgan fingerprint density at radius 3 is 2.28 bits per heavy atom. The van der Waals surface area contributed by atoms with Crippen molar-refractivity contribution < 1.29 is 41.1 Å². The van der Waals surface area contributed by atoms with E-state index in [1.807, 2.05) is 11.8 Å². The lowest BCUT2D eigenvalue weighted by Crippen LogP contribution is -2.56. The van der Waals surface area contributed by atoms with Crippen molar-refractivity contribution in [3.8, 4) is 11.3 Å². The van der Waals surface area contributed by atoms with Gasteiger partial charge in [0.1, 0.15) is 28.8 Å². The first-order valence-corrected chi connectivity index (χ1v) is 16.0. The molecule has 1 aliphatic carbocycles. The minimum absolute atomic E-state index is 0.0741. The van der Waals surface area contributed by atoms with Gasteiger partial charge in [0.15, 0.2) is 0 Å². The topological polar surface area (TPSA) is 179 Å². The molecule has 4 aromatic rings. The largest absolute Gasteiger partial charge is 0.391 e. The summed E-state index contributed by atoms with van der Waals surface area (Å²) in [5.74, 6) is -3.90. The zero-order valence-corrected chi connectivity index (χ0v) is 25.8. The molecule has 0 saturated carbocycles. The number of aromatic nitrogens is 2. The highest BCUT2D eigenvalue weighted by molar-refractivity contribution is 7.85. The molecule has 47 heavy (non-hydrogen) atoms. The van der Waals surface area contributed by atoms with Crippen molar-refractivity contribution in [2.24, 2.45) is 11.7 Å². The zero-order valence-electron chi connectivity index (χ0n) is 25.0. The standard InChI is InChI=1S/C26H26F3N5O3.C6H6O3S/c1-12-10-34(11-17(30)25(12)36)24-13-5-8-20(35)22(13)31-9-19(24)33-26(37)18-7-6-16(29)23(32-18)21-14(27)3-2-4-15(21)28;7-10(8,9)6-4-2-1-3-5-6/h2-4,6-7,9,12,17,20,25,35-36H,5,8,10-11,30H2,1H3,(H,33,37);1-5H,(H,7,8,9)/t12-,17+,20?,25+;/m0./s1. The Bertz CT molecular complexity index is 1870. The average Bonchev–Trinajstić information content (AvgIpc) is 3.40. The number of hydrogen-bond donors (Lipinski definition) is 5. The predicted octanol–water partition coefficient (Wildman–Crippen LogP) is 3.87. The van der Waals surface area contributed by atoms with Crippen molar-refractivity contribution in [1.82, 2.24) is 9.97 Å². The fourth-order valence-electron chi connectivity index (χ4n) is 5.71. The van der Waals surface area contributed by atoms with E-state index in [0.29, 0.717) is 43.0 Å². The van der Waals surface area contributed by atoms with Gasteiger partial charge in [0.05, 0.1) is 45.9 Å². The van der Waals surface area contributed by atoms with E-state index in [-0.39, 0.29) is 16.5 Å². The number of anilines is 2. The van der Waals surface area contributed by atoms with Gasteiger partial charge in [-0.3, -0.25) is 14.3 Å². The molecule has 15 heteroatoms.